The molecule has 0 saturated heterocycles. The first-order valence-corrected chi connectivity index (χ1v) is 6.98. The van der Waals surface area contributed by atoms with Crippen LogP contribution in [0.2, 0.25) is 0 Å². The molecule has 0 aromatic carbocycles. The van der Waals surface area contributed by atoms with E-state index in [0.717, 1.165) is 24.3 Å². The molecule has 0 radical (unpaired) electrons. The number of nitriles is 1. The van der Waals surface area contributed by atoms with E-state index in [9.17, 15) is 4.79 Å². The van der Waals surface area contributed by atoms with Gasteiger partial charge in [-0.1, -0.05) is 24.7 Å². The smallest absolute Gasteiger partial charge is 0.360 e. The molecule has 2 aromatic heterocycles. The zero-order valence-corrected chi connectivity index (χ0v) is 11.7. The fourth-order valence-electron chi connectivity index (χ4n) is 1.66. The van der Waals surface area contributed by atoms with E-state index in [1.807, 2.05) is 6.07 Å². The molecule has 6 nitrogen and oxygen atoms in total. The number of imidazole rings is 1. The molecule has 0 amide bonds. The number of carbonyl (C=O) groups is 1. The lowest BCUT2D eigenvalue weighted by Gasteiger charge is -1.97. The first kappa shape index (κ1) is 13.5. The third-order valence-corrected chi connectivity index (χ3v) is 3.53. The summed E-state index contributed by atoms with van der Waals surface area (Å²) in [7, 11) is 0. The predicted molar refractivity (Wildman–Crippen MR) is 70.1 cm³/mol. The maximum atomic E-state index is 11.7. The molecule has 2 rings (SSSR count). The van der Waals surface area contributed by atoms with E-state index in [-0.39, 0.29) is 18.0 Å². The average molecular weight is 278 g/mol. The average Bonchev–Trinajstić information content (AvgIpc) is 2.92. The number of fused-ring (bicyclic) bond motifs is 1. The van der Waals surface area contributed by atoms with Gasteiger partial charge < -0.3 is 4.74 Å². The van der Waals surface area contributed by atoms with Crippen molar-refractivity contribution >= 4 is 22.3 Å². The van der Waals surface area contributed by atoms with Crippen molar-refractivity contribution in [1.29, 1.82) is 5.26 Å². The Morgan fingerprint density at radius 3 is 2.95 bits per heavy atom. The van der Waals surface area contributed by atoms with Crippen molar-refractivity contribution in [3.63, 3.8) is 0 Å². The van der Waals surface area contributed by atoms with Crippen LogP contribution in [0.15, 0.2) is 0 Å². The van der Waals surface area contributed by atoms with Gasteiger partial charge in [-0.3, -0.25) is 0 Å². The predicted octanol–water partition coefficient (Wildman–Crippen LogP) is 2.18. The number of nitrogens with zero attached hydrogens (tertiary/aromatic N) is 4. The van der Waals surface area contributed by atoms with Crippen LogP contribution in [0.25, 0.3) is 4.96 Å². The number of hydrogen-bond donors (Lipinski definition) is 0. The highest BCUT2D eigenvalue weighted by atomic mass is 32.1. The largest absolute Gasteiger partial charge is 0.461 e. The Bertz CT molecular complexity index is 638. The van der Waals surface area contributed by atoms with Gasteiger partial charge in [-0.15, -0.1) is 0 Å². The number of aromatic nitrogens is 3. The molecular formula is C12H14N4O2S. The Labute approximate surface area is 114 Å². The van der Waals surface area contributed by atoms with E-state index in [2.05, 4.69) is 17.0 Å². The molecule has 0 saturated carbocycles. The molecule has 2 aromatic rings. The van der Waals surface area contributed by atoms with Gasteiger partial charge in [-0.25, -0.2) is 9.78 Å². The Kier molecular flexibility index (Phi) is 4.12. The number of ether oxygens (including phenoxy) is 1. The molecule has 0 bridgehead atoms. The van der Waals surface area contributed by atoms with Crippen LogP contribution in [0.3, 0.4) is 0 Å². The molecule has 0 aliphatic heterocycles. The van der Waals surface area contributed by atoms with E-state index < -0.39 is 5.97 Å². The summed E-state index contributed by atoms with van der Waals surface area (Å²) in [6, 6.07) is 1.97. The summed E-state index contributed by atoms with van der Waals surface area (Å²) >= 11 is 1.40. The zero-order chi connectivity index (χ0) is 13.8. The molecule has 0 N–H and O–H groups in total. The van der Waals surface area contributed by atoms with Crippen LogP contribution in [0, 0.1) is 11.3 Å². The van der Waals surface area contributed by atoms with Gasteiger partial charge in [-0.2, -0.15) is 14.9 Å². The number of rotatable bonds is 5. The molecule has 0 atom stereocenters. The van der Waals surface area contributed by atoms with Crippen LogP contribution in [0.5, 0.6) is 0 Å². The van der Waals surface area contributed by atoms with E-state index >= 15 is 0 Å². The summed E-state index contributed by atoms with van der Waals surface area (Å²) in [4.78, 5) is 16.4. The third-order valence-electron chi connectivity index (χ3n) is 2.56. The standard InChI is InChI=1S/C12H14N4O2S/c1-3-5-6-9-15-16-8(7-13)10(11(17)18-4-2)14-12(16)19-9/h3-6H2,1-2H3. The second kappa shape index (κ2) is 5.80. The number of esters is 1. The van der Waals surface area contributed by atoms with E-state index in [4.69, 9.17) is 10.00 Å². The SMILES string of the molecule is CCCCc1nn2c(C#N)c(C(=O)OCC)nc2s1. The molecule has 2 heterocycles. The van der Waals surface area contributed by atoms with Gasteiger partial charge in [0.2, 0.25) is 4.96 Å². The van der Waals surface area contributed by atoms with E-state index in [0.29, 0.717) is 4.96 Å². The van der Waals surface area contributed by atoms with Crippen LogP contribution in [-0.2, 0) is 11.2 Å². The van der Waals surface area contributed by atoms with E-state index in [1.165, 1.54) is 15.9 Å². The molecule has 19 heavy (non-hydrogen) atoms. The highest BCUT2D eigenvalue weighted by molar-refractivity contribution is 7.16. The molecule has 0 aliphatic rings. The van der Waals surface area contributed by atoms with Crippen molar-refractivity contribution in [2.75, 3.05) is 6.61 Å². The molecule has 0 aliphatic carbocycles. The highest BCUT2D eigenvalue weighted by Gasteiger charge is 2.22. The Hall–Kier alpha value is -1.94. The van der Waals surface area contributed by atoms with Gasteiger partial charge >= 0.3 is 5.97 Å². The molecule has 100 valence electrons. The first-order valence-electron chi connectivity index (χ1n) is 6.16. The van der Waals surface area contributed by atoms with Gasteiger partial charge in [0.25, 0.3) is 0 Å². The topological polar surface area (TPSA) is 80.3 Å². The molecule has 7 heteroatoms. The van der Waals surface area contributed by atoms with Crippen LogP contribution in [0.4, 0.5) is 0 Å². The lowest BCUT2D eigenvalue weighted by Crippen LogP contribution is -2.08. The fourth-order valence-corrected chi connectivity index (χ4v) is 2.59. The van der Waals surface area contributed by atoms with Crippen molar-refractivity contribution in [2.24, 2.45) is 0 Å². The van der Waals surface area contributed by atoms with Crippen LogP contribution in [0.1, 0.15) is 47.9 Å². The van der Waals surface area contributed by atoms with Crippen molar-refractivity contribution in [1.82, 2.24) is 14.6 Å². The number of carbonyl (C=O) groups excluding carboxylic acids is 1. The fraction of sp³-hybridized carbons (Fsp3) is 0.500. The van der Waals surface area contributed by atoms with Crippen LogP contribution >= 0.6 is 11.3 Å². The minimum Gasteiger partial charge on any atom is -0.461 e. The summed E-state index contributed by atoms with van der Waals surface area (Å²) in [5, 5.41) is 14.4. The third kappa shape index (κ3) is 2.58. The maximum Gasteiger partial charge on any atom is 0.360 e. The Morgan fingerprint density at radius 1 is 1.53 bits per heavy atom. The molecule has 0 spiro atoms. The van der Waals surface area contributed by atoms with Crippen molar-refractivity contribution in [3.05, 3.63) is 16.4 Å². The summed E-state index contributed by atoms with van der Waals surface area (Å²) in [5.41, 5.74) is 0.192. The first-order chi connectivity index (χ1) is 9.21. The molecular weight excluding hydrogens is 264 g/mol. The van der Waals surface area contributed by atoms with E-state index in [1.54, 1.807) is 6.92 Å². The molecule has 0 unspecified atom stereocenters. The number of unbranched alkanes of at least 4 members (excludes halogenated alkanes) is 1. The highest BCUT2D eigenvalue weighted by Crippen LogP contribution is 2.20. The van der Waals surface area contributed by atoms with Gasteiger partial charge in [0.1, 0.15) is 11.1 Å². The van der Waals surface area contributed by atoms with Gasteiger partial charge in [0.15, 0.2) is 11.4 Å². The second-order valence-corrected chi connectivity index (χ2v) is 4.98. The summed E-state index contributed by atoms with van der Waals surface area (Å²) in [6.45, 7) is 4.08. The number of aryl methyl sites for hydroxylation is 1. The lowest BCUT2D eigenvalue weighted by molar-refractivity contribution is 0.0520. The zero-order valence-electron chi connectivity index (χ0n) is 10.8. The van der Waals surface area contributed by atoms with Crippen molar-refractivity contribution in [3.8, 4) is 6.07 Å². The monoisotopic (exact) mass is 278 g/mol. The second-order valence-electron chi connectivity index (χ2n) is 3.94. The Balaban J connectivity index is 2.39. The van der Waals surface area contributed by atoms with Gasteiger partial charge in [-0.05, 0) is 13.3 Å². The lowest BCUT2D eigenvalue weighted by atomic mass is 10.3. The van der Waals surface area contributed by atoms with Crippen LogP contribution < -0.4 is 0 Å². The summed E-state index contributed by atoms with van der Waals surface area (Å²) in [5.74, 6) is -0.577. The minimum atomic E-state index is -0.577. The van der Waals surface area contributed by atoms with Gasteiger partial charge in [0.05, 0.1) is 6.61 Å². The minimum absolute atomic E-state index is 0.0464. The quantitative estimate of drug-likeness (QED) is 0.783. The number of hydrogen-bond acceptors (Lipinski definition) is 6. The molecule has 0 fully saturated rings. The van der Waals surface area contributed by atoms with Crippen LogP contribution in [-0.4, -0.2) is 27.2 Å². The van der Waals surface area contributed by atoms with Gasteiger partial charge in [0, 0.05) is 6.42 Å². The maximum absolute atomic E-state index is 11.7. The van der Waals surface area contributed by atoms with Crippen molar-refractivity contribution in [2.45, 2.75) is 33.1 Å². The Morgan fingerprint density at radius 2 is 2.32 bits per heavy atom. The summed E-state index contributed by atoms with van der Waals surface area (Å²) < 4.78 is 6.31. The van der Waals surface area contributed by atoms with Crippen molar-refractivity contribution < 1.29 is 9.53 Å². The normalized spacial score (nSPS) is 10.6. The summed E-state index contributed by atoms with van der Waals surface area (Å²) in [6.07, 6.45) is 2.99.